The molecule has 0 spiro atoms. The third-order valence-corrected chi connectivity index (χ3v) is 2.56. The summed E-state index contributed by atoms with van der Waals surface area (Å²) in [6, 6.07) is 8.13. The number of nitrogens with zero attached hydrogens (tertiary/aromatic N) is 4. The predicted molar refractivity (Wildman–Crippen MR) is 57.7 cm³/mol. The molecule has 0 unspecified atom stereocenters. The highest BCUT2D eigenvalue weighted by Crippen LogP contribution is 2.18. The largest absolute Gasteiger partial charge is 0.231 e. The Balaban J connectivity index is 2.58. The number of fused-ring (bicyclic) bond motifs is 3. The SMILES string of the molecule is CCc1nc2cnnn2c2ccccc12. The summed E-state index contributed by atoms with van der Waals surface area (Å²) in [5, 5.41) is 9.05. The van der Waals surface area contributed by atoms with Crippen molar-refractivity contribution in [3.8, 4) is 0 Å². The highest BCUT2D eigenvalue weighted by atomic mass is 15.4. The molecular weight excluding hydrogens is 188 g/mol. The number of rotatable bonds is 1. The molecule has 2 heterocycles. The van der Waals surface area contributed by atoms with Crippen LogP contribution in [0, 0.1) is 0 Å². The fourth-order valence-corrected chi connectivity index (χ4v) is 1.85. The van der Waals surface area contributed by atoms with Crippen LogP contribution in [-0.2, 0) is 6.42 Å². The van der Waals surface area contributed by atoms with Crippen molar-refractivity contribution >= 4 is 16.6 Å². The lowest BCUT2D eigenvalue weighted by molar-refractivity contribution is 0.869. The van der Waals surface area contributed by atoms with Crippen molar-refractivity contribution in [3.63, 3.8) is 0 Å². The fourth-order valence-electron chi connectivity index (χ4n) is 1.85. The number of hydrogen-bond acceptors (Lipinski definition) is 3. The minimum absolute atomic E-state index is 0.811. The smallest absolute Gasteiger partial charge is 0.176 e. The van der Waals surface area contributed by atoms with Crippen molar-refractivity contribution in [1.82, 2.24) is 19.8 Å². The lowest BCUT2D eigenvalue weighted by Crippen LogP contribution is -1.98. The minimum atomic E-state index is 0.811. The zero-order valence-electron chi connectivity index (χ0n) is 8.38. The van der Waals surface area contributed by atoms with Crippen molar-refractivity contribution in [2.45, 2.75) is 13.3 Å². The van der Waals surface area contributed by atoms with Crippen LogP contribution >= 0.6 is 0 Å². The number of para-hydroxylation sites is 1. The molecule has 0 aliphatic heterocycles. The van der Waals surface area contributed by atoms with Crippen molar-refractivity contribution in [3.05, 3.63) is 36.2 Å². The molecular formula is C11H10N4. The van der Waals surface area contributed by atoms with E-state index in [0.717, 1.165) is 28.7 Å². The van der Waals surface area contributed by atoms with E-state index < -0.39 is 0 Å². The monoisotopic (exact) mass is 198 g/mol. The summed E-state index contributed by atoms with van der Waals surface area (Å²) in [7, 11) is 0. The van der Waals surface area contributed by atoms with E-state index >= 15 is 0 Å². The van der Waals surface area contributed by atoms with Gasteiger partial charge in [-0.25, -0.2) is 4.98 Å². The summed E-state index contributed by atoms with van der Waals surface area (Å²) in [6.45, 7) is 2.11. The van der Waals surface area contributed by atoms with Gasteiger partial charge < -0.3 is 0 Å². The van der Waals surface area contributed by atoms with Crippen LogP contribution in [0.25, 0.3) is 16.6 Å². The van der Waals surface area contributed by atoms with Gasteiger partial charge >= 0.3 is 0 Å². The van der Waals surface area contributed by atoms with E-state index in [1.165, 1.54) is 0 Å². The number of aromatic nitrogens is 4. The first-order chi connectivity index (χ1) is 7.40. The van der Waals surface area contributed by atoms with E-state index in [4.69, 9.17) is 0 Å². The van der Waals surface area contributed by atoms with Gasteiger partial charge in [-0.3, -0.25) is 0 Å². The van der Waals surface area contributed by atoms with Crippen LogP contribution in [-0.4, -0.2) is 19.8 Å². The zero-order chi connectivity index (χ0) is 10.3. The molecule has 15 heavy (non-hydrogen) atoms. The van der Waals surface area contributed by atoms with Gasteiger partial charge in [0.1, 0.15) is 0 Å². The molecule has 0 atom stereocenters. The molecule has 0 aliphatic rings. The molecule has 0 radical (unpaired) electrons. The quantitative estimate of drug-likeness (QED) is 0.599. The van der Waals surface area contributed by atoms with E-state index in [-0.39, 0.29) is 0 Å². The van der Waals surface area contributed by atoms with Gasteiger partial charge in [0.25, 0.3) is 0 Å². The molecule has 1 aromatic carbocycles. The number of hydrogen-bond donors (Lipinski definition) is 0. The second kappa shape index (κ2) is 3.02. The Kier molecular flexibility index (Phi) is 1.68. The molecule has 0 aliphatic carbocycles. The molecule has 4 heteroatoms. The Bertz CT molecular complexity index is 627. The Morgan fingerprint density at radius 2 is 2.13 bits per heavy atom. The summed E-state index contributed by atoms with van der Waals surface area (Å²) in [6.07, 6.45) is 2.60. The van der Waals surface area contributed by atoms with Gasteiger partial charge in [0.05, 0.1) is 17.4 Å². The first-order valence-electron chi connectivity index (χ1n) is 4.98. The van der Waals surface area contributed by atoms with Gasteiger partial charge in [-0.05, 0) is 12.5 Å². The van der Waals surface area contributed by atoms with Gasteiger partial charge in [0.2, 0.25) is 0 Å². The molecule has 3 aromatic rings. The lowest BCUT2D eigenvalue weighted by atomic mass is 10.1. The Hall–Kier alpha value is -1.97. The van der Waals surface area contributed by atoms with Crippen LogP contribution in [0.5, 0.6) is 0 Å². The maximum absolute atomic E-state index is 4.52. The van der Waals surface area contributed by atoms with Crippen LogP contribution in [0.4, 0.5) is 0 Å². The Morgan fingerprint density at radius 3 is 3.00 bits per heavy atom. The van der Waals surface area contributed by atoms with Crippen LogP contribution in [0.2, 0.25) is 0 Å². The summed E-state index contributed by atoms with van der Waals surface area (Å²) < 4.78 is 1.77. The summed E-state index contributed by atoms with van der Waals surface area (Å²) in [5.74, 6) is 0. The van der Waals surface area contributed by atoms with E-state index in [9.17, 15) is 0 Å². The molecule has 0 saturated carbocycles. The third kappa shape index (κ3) is 1.11. The molecule has 0 fully saturated rings. The Morgan fingerprint density at radius 1 is 1.27 bits per heavy atom. The minimum Gasteiger partial charge on any atom is -0.231 e. The molecule has 0 saturated heterocycles. The maximum atomic E-state index is 4.52. The van der Waals surface area contributed by atoms with Gasteiger partial charge in [-0.1, -0.05) is 30.3 Å². The topological polar surface area (TPSA) is 43.1 Å². The number of benzene rings is 1. The maximum Gasteiger partial charge on any atom is 0.176 e. The average Bonchev–Trinajstić information content (AvgIpc) is 2.76. The second-order valence-corrected chi connectivity index (χ2v) is 3.43. The van der Waals surface area contributed by atoms with Crippen LogP contribution in [0.15, 0.2) is 30.5 Å². The predicted octanol–water partition coefficient (Wildman–Crippen LogP) is 1.84. The van der Waals surface area contributed by atoms with Crippen molar-refractivity contribution in [2.24, 2.45) is 0 Å². The molecule has 0 bridgehead atoms. The molecule has 4 nitrogen and oxygen atoms in total. The Labute approximate surface area is 86.6 Å². The van der Waals surface area contributed by atoms with Crippen molar-refractivity contribution < 1.29 is 0 Å². The summed E-state index contributed by atoms with van der Waals surface area (Å²) >= 11 is 0. The molecule has 2 aromatic heterocycles. The zero-order valence-corrected chi connectivity index (χ0v) is 8.38. The standard InChI is InChI=1S/C11H10N4/c1-2-9-8-5-3-4-6-10(8)15-11(13-9)7-12-14-15/h3-7H,2H2,1H3. The van der Waals surface area contributed by atoms with E-state index in [2.05, 4.69) is 28.3 Å². The molecule has 74 valence electrons. The summed E-state index contributed by atoms with van der Waals surface area (Å²) in [5.41, 5.74) is 2.97. The van der Waals surface area contributed by atoms with Crippen molar-refractivity contribution in [1.29, 1.82) is 0 Å². The van der Waals surface area contributed by atoms with Crippen LogP contribution in [0.1, 0.15) is 12.6 Å². The van der Waals surface area contributed by atoms with E-state index in [1.807, 2.05) is 18.2 Å². The highest BCUT2D eigenvalue weighted by molar-refractivity contribution is 5.83. The first kappa shape index (κ1) is 8.35. The highest BCUT2D eigenvalue weighted by Gasteiger charge is 2.06. The number of aryl methyl sites for hydroxylation is 1. The normalized spacial score (nSPS) is 11.3. The second-order valence-electron chi connectivity index (χ2n) is 3.43. The summed E-state index contributed by atoms with van der Waals surface area (Å²) in [4.78, 5) is 4.52. The van der Waals surface area contributed by atoms with E-state index in [0.29, 0.717) is 0 Å². The molecule has 0 N–H and O–H groups in total. The first-order valence-corrected chi connectivity index (χ1v) is 4.98. The van der Waals surface area contributed by atoms with Crippen molar-refractivity contribution in [2.75, 3.05) is 0 Å². The third-order valence-electron chi connectivity index (χ3n) is 2.56. The van der Waals surface area contributed by atoms with Gasteiger partial charge in [0.15, 0.2) is 5.65 Å². The fraction of sp³-hybridized carbons (Fsp3) is 0.182. The van der Waals surface area contributed by atoms with E-state index in [1.54, 1.807) is 10.7 Å². The van der Waals surface area contributed by atoms with Crippen LogP contribution < -0.4 is 0 Å². The van der Waals surface area contributed by atoms with Crippen LogP contribution in [0.3, 0.4) is 0 Å². The van der Waals surface area contributed by atoms with Gasteiger partial charge in [0, 0.05) is 5.39 Å². The molecule has 3 rings (SSSR count). The lowest BCUT2D eigenvalue weighted by Gasteiger charge is -2.04. The van der Waals surface area contributed by atoms with Gasteiger partial charge in [-0.15, -0.1) is 5.10 Å². The average molecular weight is 198 g/mol. The van der Waals surface area contributed by atoms with Gasteiger partial charge in [-0.2, -0.15) is 4.52 Å². The molecule has 0 amide bonds.